The maximum absolute atomic E-state index is 12.4. The minimum Gasteiger partial charge on any atom is -0.349 e. The Morgan fingerprint density at radius 3 is 2.35 bits per heavy atom. The molecule has 1 unspecified atom stereocenters. The van der Waals surface area contributed by atoms with E-state index in [0.717, 1.165) is 16.1 Å². The molecule has 0 radical (unpaired) electrons. The summed E-state index contributed by atoms with van der Waals surface area (Å²) in [6, 6.07) is 16.8. The number of nitrogens with one attached hydrogen (secondary N) is 2. The zero-order valence-corrected chi connectivity index (χ0v) is 14.0. The third kappa shape index (κ3) is 5.14. The third-order valence-electron chi connectivity index (χ3n) is 3.35. The second-order valence-electron chi connectivity index (χ2n) is 5.12. The highest BCUT2D eigenvalue weighted by Gasteiger charge is 2.17. The lowest BCUT2D eigenvalue weighted by atomic mass is 10.0. The van der Waals surface area contributed by atoms with Gasteiger partial charge in [0.05, 0.1) is 18.2 Å². The lowest BCUT2D eigenvalue weighted by molar-refractivity contribution is -0.120. The number of hydrogen-bond acceptors (Lipinski definition) is 3. The molecular weight excluding hydrogens is 308 g/mol. The molecule has 2 rings (SSSR count). The van der Waals surface area contributed by atoms with E-state index in [1.165, 1.54) is 6.92 Å². The summed E-state index contributed by atoms with van der Waals surface area (Å²) in [7, 11) is 0. The van der Waals surface area contributed by atoms with E-state index in [1.807, 2.05) is 60.9 Å². The molecule has 0 aromatic heterocycles. The predicted molar refractivity (Wildman–Crippen MR) is 94.5 cm³/mol. The summed E-state index contributed by atoms with van der Waals surface area (Å²) >= 11 is 1.58. The number of amides is 2. The smallest absolute Gasteiger partial charge is 0.226 e. The SMILES string of the molecule is CSc1ccccc1NC(=O)CC(NC(C)=O)c1ccccc1. The molecule has 5 heteroatoms. The van der Waals surface area contributed by atoms with Crippen LogP contribution >= 0.6 is 11.8 Å². The van der Waals surface area contributed by atoms with Crippen molar-refractivity contribution in [3.05, 3.63) is 60.2 Å². The van der Waals surface area contributed by atoms with Gasteiger partial charge in [0.15, 0.2) is 0 Å². The van der Waals surface area contributed by atoms with E-state index in [-0.39, 0.29) is 24.3 Å². The van der Waals surface area contributed by atoms with Gasteiger partial charge in [-0.15, -0.1) is 11.8 Å². The first-order chi connectivity index (χ1) is 11.1. The molecule has 120 valence electrons. The second-order valence-corrected chi connectivity index (χ2v) is 5.96. The molecule has 0 fully saturated rings. The molecule has 0 spiro atoms. The highest BCUT2D eigenvalue weighted by molar-refractivity contribution is 7.98. The molecule has 23 heavy (non-hydrogen) atoms. The molecule has 4 nitrogen and oxygen atoms in total. The van der Waals surface area contributed by atoms with Crippen LogP contribution in [0.15, 0.2) is 59.5 Å². The Balaban J connectivity index is 2.10. The van der Waals surface area contributed by atoms with Crippen molar-refractivity contribution in [3.63, 3.8) is 0 Å². The van der Waals surface area contributed by atoms with Gasteiger partial charge < -0.3 is 10.6 Å². The van der Waals surface area contributed by atoms with E-state index in [9.17, 15) is 9.59 Å². The zero-order valence-electron chi connectivity index (χ0n) is 13.2. The average molecular weight is 328 g/mol. The van der Waals surface area contributed by atoms with E-state index in [2.05, 4.69) is 10.6 Å². The zero-order chi connectivity index (χ0) is 16.7. The fourth-order valence-corrected chi connectivity index (χ4v) is 2.87. The molecule has 2 aromatic rings. The first-order valence-electron chi connectivity index (χ1n) is 7.35. The van der Waals surface area contributed by atoms with Crippen LogP contribution in [0.5, 0.6) is 0 Å². The van der Waals surface area contributed by atoms with Gasteiger partial charge in [0.2, 0.25) is 11.8 Å². The summed E-state index contributed by atoms with van der Waals surface area (Å²) in [5.41, 5.74) is 1.70. The van der Waals surface area contributed by atoms with E-state index >= 15 is 0 Å². The molecule has 0 bridgehead atoms. The number of rotatable bonds is 6. The molecule has 2 N–H and O–H groups in total. The summed E-state index contributed by atoms with van der Waals surface area (Å²) in [4.78, 5) is 24.8. The van der Waals surface area contributed by atoms with Crippen LogP contribution < -0.4 is 10.6 Å². The molecule has 2 amide bonds. The molecule has 0 aliphatic carbocycles. The van der Waals surface area contributed by atoms with Crippen LogP contribution in [0.4, 0.5) is 5.69 Å². The molecule has 0 aliphatic rings. The molecular formula is C18H20N2O2S. The Hall–Kier alpha value is -2.27. The Morgan fingerprint density at radius 2 is 1.70 bits per heavy atom. The van der Waals surface area contributed by atoms with Crippen molar-refractivity contribution in [1.82, 2.24) is 5.32 Å². The van der Waals surface area contributed by atoms with E-state index in [1.54, 1.807) is 11.8 Å². The number of carbonyl (C=O) groups excluding carboxylic acids is 2. The highest BCUT2D eigenvalue weighted by Crippen LogP contribution is 2.25. The molecule has 0 saturated heterocycles. The number of hydrogen-bond donors (Lipinski definition) is 2. The first kappa shape index (κ1) is 17.1. The topological polar surface area (TPSA) is 58.2 Å². The van der Waals surface area contributed by atoms with E-state index in [4.69, 9.17) is 0 Å². The van der Waals surface area contributed by atoms with Crippen LogP contribution in [0.2, 0.25) is 0 Å². The van der Waals surface area contributed by atoms with Crippen molar-refractivity contribution in [2.45, 2.75) is 24.3 Å². The van der Waals surface area contributed by atoms with Crippen LogP contribution in [0.3, 0.4) is 0 Å². The summed E-state index contributed by atoms with van der Waals surface area (Å²) < 4.78 is 0. The average Bonchev–Trinajstić information content (AvgIpc) is 2.55. The number of anilines is 1. The number of carbonyl (C=O) groups is 2. The Morgan fingerprint density at radius 1 is 1.04 bits per heavy atom. The van der Waals surface area contributed by atoms with Crippen LogP contribution in [0, 0.1) is 0 Å². The monoisotopic (exact) mass is 328 g/mol. The number of benzene rings is 2. The van der Waals surface area contributed by atoms with Gasteiger partial charge in [-0.2, -0.15) is 0 Å². The normalized spacial score (nSPS) is 11.6. The molecule has 1 atom stereocenters. The van der Waals surface area contributed by atoms with Gasteiger partial charge in [-0.1, -0.05) is 42.5 Å². The molecule has 0 heterocycles. The van der Waals surface area contributed by atoms with Gasteiger partial charge in [0, 0.05) is 11.8 Å². The van der Waals surface area contributed by atoms with Crippen molar-refractivity contribution < 1.29 is 9.59 Å². The summed E-state index contributed by atoms with van der Waals surface area (Å²) in [5, 5.41) is 5.76. The van der Waals surface area contributed by atoms with Crippen LogP contribution in [-0.4, -0.2) is 18.1 Å². The fraction of sp³-hybridized carbons (Fsp3) is 0.222. The van der Waals surface area contributed by atoms with Crippen molar-refractivity contribution in [2.75, 3.05) is 11.6 Å². The van der Waals surface area contributed by atoms with Gasteiger partial charge in [-0.3, -0.25) is 9.59 Å². The summed E-state index contributed by atoms with van der Waals surface area (Å²) in [5.74, 6) is -0.287. The van der Waals surface area contributed by atoms with Crippen LogP contribution in [-0.2, 0) is 9.59 Å². The van der Waals surface area contributed by atoms with Crippen molar-refractivity contribution in [2.24, 2.45) is 0 Å². The Kier molecular flexibility index (Phi) is 6.23. The Labute approximate surface area is 140 Å². The molecule has 0 aliphatic heterocycles. The molecule has 0 saturated carbocycles. The summed E-state index contributed by atoms with van der Waals surface area (Å²) in [6.07, 6.45) is 2.15. The predicted octanol–water partition coefficient (Wildman–Crippen LogP) is 3.61. The van der Waals surface area contributed by atoms with Crippen LogP contribution in [0.25, 0.3) is 0 Å². The quantitative estimate of drug-likeness (QED) is 0.796. The van der Waals surface area contributed by atoms with Gasteiger partial charge >= 0.3 is 0 Å². The van der Waals surface area contributed by atoms with Gasteiger partial charge in [-0.05, 0) is 24.0 Å². The van der Waals surface area contributed by atoms with Crippen molar-refractivity contribution in [1.29, 1.82) is 0 Å². The largest absolute Gasteiger partial charge is 0.349 e. The minimum absolute atomic E-state index is 0.130. The minimum atomic E-state index is -0.338. The van der Waals surface area contributed by atoms with Gasteiger partial charge in [0.1, 0.15) is 0 Å². The first-order valence-corrected chi connectivity index (χ1v) is 8.57. The third-order valence-corrected chi connectivity index (χ3v) is 4.15. The van der Waals surface area contributed by atoms with Crippen molar-refractivity contribution >= 4 is 29.3 Å². The number of thioether (sulfide) groups is 1. The second kappa shape index (κ2) is 8.39. The Bertz CT molecular complexity index is 674. The lowest BCUT2D eigenvalue weighted by Gasteiger charge is -2.18. The van der Waals surface area contributed by atoms with E-state index in [0.29, 0.717) is 0 Å². The lowest BCUT2D eigenvalue weighted by Crippen LogP contribution is -2.29. The van der Waals surface area contributed by atoms with E-state index < -0.39 is 0 Å². The van der Waals surface area contributed by atoms with Gasteiger partial charge in [0.25, 0.3) is 0 Å². The maximum Gasteiger partial charge on any atom is 0.226 e. The van der Waals surface area contributed by atoms with Gasteiger partial charge in [-0.25, -0.2) is 0 Å². The number of para-hydroxylation sites is 1. The van der Waals surface area contributed by atoms with Crippen molar-refractivity contribution in [3.8, 4) is 0 Å². The maximum atomic E-state index is 12.4. The summed E-state index contributed by atoms with van der Waals surface area (Å²) in [6.45, 7) is 1.46. The standard InChI is InChI=1S/C18H20N2O2S/c1-13(21)19-16(14-8-4-3-5-9-14)12-18(22)20-15-10-6-7-11-17(15)23-2/h3-11,16H,12H2,1-2H3,(H,19,21)(H,20,22). The molecule has 2 aromatic carbocycles. The van der Waals surface area contributed by atoms with Crippen LogP contribution in [0.1, 0.15) is 24.9 Å². The fourth-order valence-electron chi connectivity index (χ4n) is 2.32. The highest BCUT2D eigenvalue weighted by atomic mass is 32.2.